The predicted molar refractivity (Wildman–Crippen MR) is 81.2 cm³/mol. The fraction of sp³-hybridized carbons (Fsp3) is 0.133. The Kier molecular flexibility index (Phi) is 3.17. The van der Waals surface area contributed by atoms with Crippen LogP contribution < -0.4 is 4.74 Å². The molecule has 0 bridgehead atoms. The van der Waals surface area contributed by atoms with E-state index in [2.05, 4.69) is 9.97 Å². The molecule has 108 valence electrons. The summed E-state index contributed by atoms with van der Waals surface area (Å²) < 4.78 is 28.4. The van der Waals surface area contributed by atoms with E-state index in [0.29, 0.717) is 11.3 Å². The van der Waals surface area contributed by atoms with E-state index in [1.165, 1.54) is 6.26 Å². The summed E-state index contributed by atoms with van der Waals surface area (Å²) in [5.74, 6) is 1.42. The number of fused-ring (bicyclic) bond motifs is 1. The lowest BCUT2D eigenvalue weighted by Gasteiger charge is -2.01. The van der Waals surface area contributed by atoms with Crippen LogP contribution in [0.15, 0.2) is 47.4 Å². The summed E-state index contributed by atoms with van der Waals surface area (Å²) in [5.41, 5.74) is 2.29. The molecule has 0 unspecified atom stereocenters. The third kappa shape index (κ3) is 2.62. The van der Waals surface area contributed by atoms with Gasteiger partial charge in [0.05, 0.1) is 23.0 Å². The van der Waals surface area contributed by atoms with Gasteiger partial charge in [-0.3, -0.25) is 0 Å². The first-order valence-electron chi connectivity index (χ1n) is 6.31. The highest BCUT2D eigenvalue weighted by atomic mass is 32.2. The maximum Gasteiger partial charge on any atom is 0.175 e. The molecule has 0 atom stereocenters. The molecule has 0 radical (unpaired) electrons. The van der Waals surface area contributed by atoms with Crippen LogP contribution in [0.25, 0.3) is 22.4 Å². The van der Waals surface area contributed by atoms with E-state index >= 15 is 0 Å². The van der Waals surface area contributed by atoms with Crippen molar-refractivity contribution in [2.24, 2.45) is 0 Å². The molecule has 0 fully saturated rings. The van der Waals surface area contributed by atoms with Gasteiger partial charge in [0, 0.05) is 11.8 Å². The average molecular weight is 302 g/mol. The fourth-order valence-electron chi connectivity index (χ4n) is 2.13. The number of benzene rings is 2. The van der Waals surface area contributed by atoms with Crippen molar-refractivity contribution >= 4 is 20.9 Å². The second-order valence-corrected chi connectivity index (χ2v) is 6.78. The van der Waals surface area contributed by atoms with Crippen molar-refractivity contribution < 1.29 is 13.2 Å². The standard InChI is InChI=1S/C15H14N2O3S/c1-20-11-5-3-4-10(8-11)15-16-13-7-6-12(21(2,18)19)9-14(13)17-15/h3-9H,1-2H3,(H,16,17). The van der Waals surface area contributed by atoms with Crippen LogP contribution >= 0.6 is 0 Å². The number of imidazole rings is 1. The maximum atomic E-state index is 11.6. The van der Waals surface area contributed by atoms with E-state index in [1.54, 1.807) is 25.3 Å². The van der Waals surface area contributed by atoms with Gasteiger partial charge in [0.2, 0.25) is 0 Å². The number of hydrogen-bond acceptors (Lipinski definition) is 4. The van der Waals surface area contributed by atoms with Crippen LogP contribution in [-0.4, -0.2) is 31.8 Å². The maximum absolute atomic E-state index is 11.6. The van der Waals surface area contributed by atoms with Gasteiger partial charge in [0.15, 0.2) is 9.84 Å². The van der Waals surface area contributed by atoms with Crippen LogP contribution in [0.2, 0.25) is 0 Å². The van der Waals surface area contributed by atoms with Crippen LogP contribution in [0.4, 0.5) is 0 Å². The van der Waals surface area contributed by atoms with Crippen molar-refractivity contribution in [2.45, 2.75) is 4.90 Å². The molecule has 3 aromatic rings. The molecular weight excluding hydrogens is 288 g/mol. The lowest BCUT2D eigenvalue weighted by molar-refractivity contribution is 0.415. The molecule has 1 N–H and O–H groups in total. The molecule has 6 heteroatoms. The van der Waals surface area contributed by atoms with Crippen LogP contribution in [0.5, 0.6) is 5.75 Å². The summed E-state index contributed by atoms with van der Waals surface area (Å²) in [6, 6.07) is 12.4. The van der Waals surface area contributed by atoms with Crippen LogP contribution in [0.3, 0.4) is 0 Å². The van der Waals surface area contributed by atoms with Gasteiger partial charge < -0.3 is 9.72 Å². The van der Waals surface area contributed by atoms with Crippen LogP contribution in [-0.2, 0) is 9.84 Å². The Hall–Kier alpha value is -2.34. The van der Waals surface area contributed by atoms with Gasteiger partial charge in [-0.15, -0.1) is 0 Å². The van der Waals surface area contributed by atoms with Crippen LogP contribution in [0.1, 0.15) is 0 Å². The zero-order valence-electron chi connectivity index (χ0n) is 11.6. The van der Waals surface area contributed by atoms with Gasteiger partial charge in [0.25, 0.3) is 0 Å². The molecule has 21 heavy (non-hydrogen) atoms. The van der Waals surface area contributed by atoms with Gasteiger partial charge in [-0.25, -0.2) is 13.4 Å². The molecule has 2 aromatic carbocycles. The first-order chi connectivity index (χ1) is 9.97. The number of rotatable bonds is 3. The van der Waals surface area contributed by atoms with E-state index in [0.717, 1.165) is 16.8 Å². The number of aromatic amines is 1. The number of aromatic nitrogens is 2. The normalized spacial score (nSPS) is 11.7. The molecule has 5 nitrogen and oxygen atoms in total. The summed E-state index contributed by atoms with van der Waals surface area (Å²) in [6.07, 6.45) is 1.19. The Morgan fingerprint density at radius 1 is 1.14 bits per heavy atom. The minimum absolute atomic E-state index is 0.274. The lowest BCUT2D eigenvalue weighted by Crippen LogP contribution is -1.96. The number of hydrogen-bond donors (Lipinski definition) is 1. The molecule has 1 aromatic heterocycles. The van der Waals surface area contributed by atoms with Gasteiger partial charge in [-0.05, 0) is 30.3 Å². The zero-order valence-corrected chi connectivity index (χ0v) is 12.4. The monoisotopic (exact) mass is 302 g/mol. The summed E-state index contributed by atoms with van der Waals surface area (Å²) in [5, 5.41) is 0. The third-order valence-electron chi connectivity index (χ3n) is 3.22. The number of H-pyrrole nitrogens is 1. The summed E-state index contributed by atoms with van der Waals surface area (Å²) in [4.78, 5) is 7.89. The van der Waals surface area contributed by atoms with Gasteiger partial charge in [0.1, 0.15) is 11.6 Å². The number of nitrogens with one attached hydrogen (secondary N) is 1. The quantitative estimate of drug-likeness (QED) is 0.807. The Morgan fingerprint density at radius 3 is 2.67 bits per heavy atom. The third-order valence-corrected chi connectivity index (χ3v) is 4.33. The van der Waals surface area contributed by atoms with Crippen molar-refractivity contribution in [1.29, 1.82) is 0 Å². The molecule has 0 aliphatic carbocycles. The van der Waals surface area contributed by atoms with Gasteiger partial charge in [-0.1, -0.05) is 12.1 Å². The first-order valence-corrected chi connectivity index (χ1v) is 8.21. The Morgan fingerprint density at radius 2 is 1.95 bits per heavy atom. The molecule has 0 aliphatic heterocycles. The Bertz CT molecular complexity index is 914. The minimum Gasteiger partial charge on any atom is -0.497 e. The number of ether oxygens (including phenoxy) is 1. The van der Waals surface area contributed by atoms with E-state index in [9.17, 15) is 8.42 Å². The molecule has 0 amide bonds. The zero-order chi connectivity index (χ0) is 15.0. The predicted octanol–water partition coefficient (Wildman–Crippen LogP) is 2.64. The topological polar surface area (TPSA) is 72.0 Å². The highest BCUT2D eigenvalue weighted by molar-refractivity contribution is 7.90. The SMILES string of the molecule is COc1cccc(-c2nc3ccc(S(C)(=O)=O)cc3[nH]2)c1. The van der Waals surface area contributed by atoms with Crippen molar-refractivity contribution in [2.75, 3.05) is 13.4 Å². The van der Waals surface area contributed by atoms with E-state index < -0.39 is 9.84 Å². The highest BCUT2D eigenvalue weighted by Gasteiger charge is 2.11. The Balaban J connectivity index is 2.12. The van der Waals surface area contributed by atoms with Gasteiger partial charge in [-0.2, -0.15) is 0 Å². The average Bonchev–Trinajstić information content (AvgIpc) is 2.89. The largest absolute Gasteiger partial charge is 0.497 e. The van der Waals surface area contributed by atoms with Crippen molar-refractivity contribution in [3.8, 4) is 17.1 Å². The number of nitrogens with zero attached hydrogens (tertiary/aromatic N) is 1. The molecule has 0 spiro atoms. The smallest absolute Gasteiger partial charge is 0.175 e. The summed E-state index contributed by atoms with van der Waals surface area (Å²) in [7, 11) is -1.62. The molecule has 0 saturated heterocycles. The Labute approximate surface area is 122 Å². The molecule has 0 saturated carbocycles. The van der Waals surface area contributed by atoms with Crippen molar-refractivity contribution in [3.63, 3.8) is 0 Å². The first kappa shape index (κ1) is 13.6. The summed E-state index contributed by atoms with van der Waals surface area (Å²) >= 11 is 0. The molecule has 0 aliphatic rings. The van der Waals surface area contributed by atoms with E-state index in [4.69, 9.17) is 4.74 Å². The molecule has 3 rings (SSSR count). The second-order valence-electron chi connectivity index (χ2n) is 4.77. The molecular formula is C15H14N2O3S. The second kappa shape index (κ2) is 4.89. The number of methoxy groups -OCH3 is 1. The van der Waals surface area contributed by atoms with Crippen LogP contribution in [0, 0.1) is 0 Å². The minimum atomic E-state index is -3.23. The highest BCUT2D eigenvalue weighted by Crippen LogP contribution is 2.25. The summed E-state index contributed by atoms with van der Waals surface area (Å²) in [6.45, 7) is 0. The lowest BCUT2D eigenvalue weighted by atomic mass is 10.2. The van der Waals surface area contributed by atoms with Gasteiger partial charge >= 0.3 is 0 Å². The van der Waals surface area contributed by atoms with Crippen molar-refractivity contribution in [3.05, 3.63) is 42.5 Å². The van der Waals surface area contributed by atoms with Crippen molar-refractivity contribution in [1.82, 2.24) is 9.97 Å². The fourth-order valence-corrected chi connectivity index (χ4v) is 2.77. The number of sulfone groups is 1. The van der Waals surface area contributed by atoms with E-state index in [-0.39, 0.29) is 4.90 Å². The molecule has 1 heterocycles. The van der Waals surface area contributed by atoms with E-state index in [1.807, 2.05) is 24.3 Å².